The van der Waals surface area contributed by atoms with Crippen LogP contribution in [0, 0.1) is 0 Å². The molecule has 0 fully saturated rings. The Kier molecular flexibility index (Phi) is 6.05. The molecule has 0 heterocycles. The highest BCUT2D eigenvalue weighted by Gasteiger charge is 2.00. The third kappa shape index (κ3) is 3.38. The van der Waals surface area contributed by atoms with Gasteiger partial charge >= 0.3 is 0 Å². The Labute approximate surface area is 77.1 Å². The van der Waals surface area contributed by atoms with E-state index < -0.39 is 0 Å². The van der Waals surface area contributed by atoms with E-state index in [0.29, 0.717) is 6.61 Å². The second-order valence-electron chi connectivity index (χ2n) is 2.48. The van der Waals surface area contributed by atoms with Gasteiger partial charge in [-0.2, -0.15) is 0 Å². The Morgan fingerprint density at radius 2 is 1.83 bits per heavy atom. The van der Waals surface area contributed by atoms with Crippen molar-refractivity contribution in [3.63, 3.8) is 0 Å². The minimum Gasteiger partial charge on any atom is -0.396 e. The average molecular weight is 179 g/mol. The molecule has 12 heavy (non-hydrogen) atoms. The van der Waals surface area contributed by atoms with Crippen molar-refractivity contribution in [3.8, 4) is 0 Å². The predicted molar refractivity (Wildman–Crippen MR) is 56.6 cm³/mol. The number of aliphatic hydroxyl groups excluding tert-OH is 1. The van der Waals surface area contributed by atoms with Crippen LogP contribution in [-0.4, -0.2) is 33.0 Å². The lowest BCUT2D eigenvalue weighted by molar-refractivity contribution is 0.322. The molecule has 3 heteroatoms. The molecule has 0 aliphatic rings. The molecule has 1 N–H and O–H groups in total. The molecule has 1 atom stereocenters. The van der Waals surface area contributed by atoms with Gasteiger partial charge in [0.1, 0.15) is 0 Å². The molecule has 0 aliphatic heterocycles. The van der Waals surface area contributed by atoms with Gasteiger partial charge in [0, 0.05) is 15.0 Å². The Balaban J connectivity index is 0.00000121. The standard InChI is InChI=1S/C9H13OP.B/c1-11(8-7-10)9-5-3-2-4-6-9;/h2-6,10H,7-8H2,1H3;/t11-;/m0./s1. The van der Waals surface area contributed by atoms with E-state index in [-0.39, 0.29) is 16.3 Å². The van der Waals surface area contributed by atoms with Crippen molar-refractivity contribution in [1.82, 2.24) is 0 Å². The summed E-state index contributed by atoms with van der Waals surface area (Å²) in [5, 5.41) is 10.1. The first kappa shape index (κ1) is 11.7. The molecule has 63 valence electrons. The van der Waals surface area contributed by atoms with Crippen LogP contribution in [0.3, 0.4) is 0 Å². The van der Waals surface area contributed by atoms with Crippen LogP contribution in [0.4, 0.5) is 0 Å². The fourth-order valence-electron chi connectivity index (χ4n) is 0.962. The van der Waals surface area contributed by atoms with Gasteiger partial charge in [-0.3, -0.25) is 0 Å². The molecule has 0 aliphatic carbocycles. The van der Waals surface area contributed by atoms with Crippen molar-refractivity contribution >= 4 is 21.6 Å². The smallest absolute Gasteiger partial charge is 0.0473 e. The van der Waals surface area contributed by atoms with Gasteiger partial charge in [-0.05, 0) is 18.1 Å². The quantitative estimate of drug-likeness (QED) is 0.542. The first-order valence-corrected chi connectivity index (χ1v) is 5.69. The SMILES string of the molecule is C[P@@](CCO)c1ccccc1.[B]. The molecule has 1 nitrogen and oxygen atoms in total. The van der Waals surface area contributed by atoms with Crippen molar-refractivity contribution in [1.29, 1.82) is 0 Å². The molecule has 1 aromatic carbocycles. The Morgan fingerprint density at radius 1 is 1.25 bits per heavy atom. The van der Waals surface area contributed by atoms with Gasteiger partial charge in [0.25, 0.3) is 0 Å². The van der Waals surface area contributed by atoms with E-state index >= 15 is 0 Å². The molecular weight excluding hydrogens is 166 g/mol. The van der Waals surface area contributed by atoms with Gasteiger partial charge in [0.2, 0.25) is 0 Å². The molecule has 0 unspecified atom stereocenters. The minimum absolute atomic E-state index is 0. The number of hydrogen-bond acceptors (Lipinski definition) is 1. The van der Waals surface area contributed by atoms with E-state index in [4.69, 9.17) is 5.11 Å². The summed E-state index contributed by atoms with van der Waals surface area (Å²) in [5.41, 5.74) is 0. The number of rotatable bonds is 3. The summed E-state index contributed by atoms with van der Waals surface area (Å²) in [6.07, 6.45) is 0.916. The topological polar surface area (TPSA) is 20.2 Å². The molecule has 0 bridgehead atoms. The van der Waals surface area contributed by atoms with Crippen LogP contribution in [0.15, 0.2) is 30.3 Å². The zero-order valence-corrected chi connectivity index (χ0v) is 8.17. The van der Waals surface area contributed by atoms with Crippen LogP contribution in [0.25, 0.3) is 0 Å². The maximum absolute atomic E-state index is 8.71. The molecule has 0 saturated carbocycles. The van der Waals surface area contributed by atoms with E-state index in [1.807, 2.05) is 18.2 Å². The summed E-state index contributed by atoms with van der Waals surface area (Å²) in [6, 6.07) is 10.4. The zero-order chi connectivity index (χ0) is 8.10. The van der Waals surface area contributed by atoms with Gasteiger partial charge in [-0.25, -0.2) is 0 Å². The van der Waals surface area contributed by atoms with E-state index in [0.717, 1.165) is 6.16 Å². The van der Waals surface area contributed by atoms with Crippen LogP contribution in [0.1, 0.15) is 0 Å². The summed E-state index contributed by atoms with van der Waals surface area (Å²) >= 11 is 0. The van der Waals surface area contributed by atoms with E-state index in [2.05, 4.69) is 18.8 Å². The second-order valence-corrected chi connectivity index (χ2v) is 4.84. The highest BCUT2D eigenvalue weighted by Crippen LogP contribution is 2.27. The van der Waals surface area contributed by atoms with Crippen LogP contribution in [0.5, 0.6) is 0 Å². The molecule has 0 amide bonds. The van der Waals surface area contributed by atoms with Crippen molar-refractivity contribution in [3.05, 3.63) is 30.3 Å². The number of benzene rings is 1. The lowest BCUT2D eigenvalue weighted by Gasteiger charge is -2.09. The van der Waals surface area contributed by atoms with Crippen LogP contribution < -0.4 is 5.30 Å². The molecule has 0 spiro atoms. The van der Waals surface area contributed by atoms with Crippen LogP contribution >= 0.6 is 7.92 Å². The maximum atomic E-state index is 8.71. The van der Waals surface area contributed by atoms with Crippen LogP contribution in [0.2, 0.25) is 0 Å². The van der Waals surface area contributed by atoms with Crippen molar-refractivity contribution in [2.45, 2.75) is 0 Å². The van der Waals surface area contributed by atoms with E-state index in [1.54, 1.807) is 0 Å². The Bertz CT molecular complexity index is 203. The van der Waals surface area contributed by atoms with Gasteiger partial charge in [0.15, 0.2) is 0 Å². The summed E-state index contributed by atoms with van der Waals surface area (Å²) in [5.74, 6) is 0. The molecule has 0 aromatic heterocycles. The van der Waals surface area contributed by atoms with Gasteiger partial charge in [0.05, 0.1) is 0 Å². The lowest BCUT2D eigenvalue weighted by atomic mass is 10.4. The molecule has 1 rings (SSSR count). The normalized spacial score (nSPS) is 11.8. The molecule has 1 aromatic rings. The summed E-state index contributed by atoms with van der Waals surface area (Å²) in [4.78, 5) is 0. The third-order valence-electron chi connectivity index (χ3n) is 1.63. The second kappa shape index (κ2) is 6.22. The Hall–Kier alpha value is -0.325. The Morgan fingerprint density at radius 3 is 2.33 bits per heavy atom. The summed E-state index contributed by atoms with van der Waals surface area (Å²) in [7, 11) is -0.126. The minimum atomic E-state index is -0.126. The van der Waals surface area contributed by atoms with E-state index in [9.17, 15) is 0 Å². The highest BCUT2D eigenvalue weighted by molar-refractivity contribution is 7.64. The van der Waals surface area contributed by atoms with Crippen molar-refractivity contribution in [2.24, 2.45) is 0 Å². The summed E-state index contributed by atoms with van der Waals surface area (Å²) < 4.78 is 0. The highest BCUT2D eigenvalue weighted by atomic mass is 31.1. The fraction of sp³-hybridized carbons (Fsp3) is 0.333. The number of hydrogen-bond donors (Lipinski definition) is 1. The van der Waals surface area contributed by atoms with E-state index in [1.165, 1.54) is 5.30 Å². The van der Waals surface area contributed by atoms with Gasteiger partial charge in [-0.1, -0.05) is 38.3 Å². The summed E-state index contributed by atoms with van der Waals surface area (Å²) in [6.45, 7) is 2.50. The number of aliphatic hydroxyl groups is 1. The molecular formula is C9H13BOP. The van der Waals surface area contributed by atoms with Crippen molar-refractivity contribution in [2.75, 3.05) is 19.4 Å². The first-order valence-electron chi connectivity index (χ1n) is 3.71. The fourth-order valence-corrected chi connectivity index (χ4v) is 2.20. The third-order valence-corrected chi connectivity index (χ3v) is 3.68. The first-order chi connectivity index (χ1) is 5.34. The van der Waals surface area contributed by atoms with Crippen molar-refractivity contribution < 1.29 is 5.11 Å². The monoisotopic (exact) mass is 179 g/mol. The van der Waals surface area contributed by atoms with Gasteiger partial charge in [-0.15, -0.1) is 0 Å². The predicted octanol–water partition coefficient (Wildman–Crippen LogP) is 1.04. The lowest BCUT2D eigenvalue weighted by Crippen LogP contribution is -2.03. The maximum Gasteiger partial charge on any atom is 0.0473 e. The largest absolute Gasteiger partial charge is 0.396 e. The zero-order valence-electron chi connectivity index (χ0n) is 7.27. The van der Waals surface area contributed by atoms with Gasteiger partial charge < -0.3 is 5.11 Å². The van der Waals surface area contributed by atoms with Crippen LogP contribution in [-0.2, 0) is 0 Å². The average Bonchev–Trinajstić information content (AvgIpc) is 2.07. The molecule has 0 saturated heterocycles. The molecule has 3 radical (unpaired) electrons.